The van der Waals surface area contributed by atoms with Crippen LogP contribution in [-0.4, -0.2) is 28.8 Å². The fourth-order valence-electron chi connectivity index (χ4n) is 1.86. The summed E-state index contributed by atoms with van der Waals surface area (Å²) in [5.74, 6) is 0.821. The zero-order valence-corrected chi connectivity index (χ0v) is 13.2. The monoisotopic (exact) mass is 307 g/mol. The van der Waals surface area contributed by atoms with Gasteiger partial charge in [0.05, 0.1) is 12.0 Å². The van der Waals surface area contributed by atoms with Gasteiger partial charge in [0.2, 0.25) is 0 Å². The van der Waals surface area contributed by atoms with Crippen LogP contribution in [-0.2, 0) is 4.79 Å². The predicted octanol–water partition coefficient (Wildman–Crippen LogP) is 3.70. The molecule has 1 aliphatic rings. The van der Waals surface area contributed by atoms with Gasteiger partial charge in [-0.3, -0.25) is 9.69 Å². The maximum atomic E-state index is 12.3. The highest BCUT2D eigenvalue weighted by molar-refractivity contribution is 8.26. The number of ether oxygens (including phenoxy) is 1. The smallest absolute Gasteiger partial charge is 0.266 e. The van der Waals surface area contributed by atoms with E-state index < -0.39 is 0 Å². The summed E-state index contributed by atoms with van der Waals surface area (Å²) >= 11 is 6.65. The Labute approximate surface area is 129 Å². The lowest BCUT2D eigenvalue weighted by Gasteiger charge is -2.12. The quantitative estimate of drug-likeness (QED) is 0.613. The van der Waals surface area contributed by atoms with Crippen molar-refractivity contribution < 1.29 is 9.53 Å². The van der Waals surface area contributed by atoms with Gasteiger partial charge >= 0.3 is 0 Å². The number of thiocarbonyl (C=S) groups is 1. The van der Waals surface area contributed by atoms with Gasteiger partial charge in [-0.2, -0.15) is 0 Å². The van der Waals surface area contributed by atoms with E-state index in [1.807, 2.05) is 30.3 Å². The Morgan fingerprint density at radius 3 is 2.65 bits per heavy atom. The van der Waals surface area contributed by atoms with Gasteiger partial charge in [0.1, 0.15) is 10.1 Å². The third-order valence-corrected chi connectivity index (χ3v) is 4.40. The second-order valence-corrected chi connectivity index (χ2v) is 6.14. The topological polar surface area (TPSA) is 29.5 Å². The van der Waals surface area contributed by atoms with Crippen molar-refractivity contribution in [3.63, 3.8) is 0 Å². The van der Waals surface area contributed by atoms with Crippen molar-refractivity contribution in [3.05, 3.63) is 34.7 Å². The molecule has 0 aliphatic carbocycles. The molecule has 1 saturated heterocycles. The van der Waals surface area contributed by atoms with Crippen molar-refractivity contribution in [1.82, 2.24) is 4.90 Å². The molecule has 0 N–H and O–H groups in total. The van der Waals surface area contributed by atoms with Crippen molar-refractivity contribution in [3.8, 4) is 5.75 Å². The summed E-state index contributed by atoms with van der Waals surface area (Å²) in [6.45, 7) is 2.81. The molecule has 0 spiro atoms. The molecule has 0 bridgehead atoms. The third kappa shape index (κ3) is 3.41. The minimum absolute atomic E-state index is 0.0178. The maximum absolute atomic E-state index is 12.3. The molecule has 3 nitrogen and oxygen atoms in total. The van der Waals surface area contributed by atoms with E-state index >= 15 is 0 Å². The number of unbranched alkanes of at least 4 members (excludes halogenated alkanes) is 1. The highest BCUT2D eigenvalue weighted by Gasteiger charge is 2.31. The highest BCUT2D eigenvalue weighted by Crippen LogP contribution is 2.32. The molecule has 1 fully saturated rings. The van der Waals surface area contributed by atoms with Crippen LogP contribution in [0.25, 0.3) is 6.08 Å². The summed E-state index contributed by atoms with van der Waals surface area (Å²) in [6, 6.07) is 7.61. The standard InChI is InChI=1S/C15H17NO2S2/c1-3-4-9-16-14(17)13(20-15(16)19)10-11-5-7-12(18-2)8-6-11/h5-8,10H,3-4,9H2,1-2H3/b13-10+. The van der Waals surface area contributed by atoms with Crippen LogP contribution >= 0.6 is 24.0 Å². The van der Waals surface area contributed by atoms with E-state index in [2.05, 4.69) is 6.92 Å². The number of carbonyl (C=O) groups is 1. The fourth-order valence-corrected chi connectivity index (χ4v) is 3.17. The van der Waals surface area contributed by atoms with Gasteiger partial charge in [0.15, 0.2) is 0 Å². The number of thioether (sulfide) groups is 1. The first kappa shape index (κ1) is 15.1. The SMILES string of the molecule is CCCCN1C(=O)/C(=C\c2ccc(OC)cc2)SC1=S. The van der Waals surface area contributed by atoms with Crippen LogP contribution in [0.4, 0.5) is 0 Å². The van der Waals surface area contributed by atoms with Crippen LogP contribution in [0.15, 0.2) is 29.2 Å². The van der Waals surface area contributed by atoms with E-state index in [1.54, 1.807) is 12.0 Å². The first-order chi connectivity index (χ1) is 9.65. The molecular formula is C15H17NO2S2. The Balaban J connectivity index is 2.14. The average Bonchev–Trinajstić information content (AvgIpc) is 2.72. The molecule has 1 heterocycles. The molecule has 5 heteroatoms. The normalized spacial score (nSPS) is 17.1. The molecule has 2 rings (SSSR count). The third-order valence-electron chi connectivity index (χ3n) is 3.02. The molecule has 106 valence electrons. The molecule has 0 radical (unpaired) electrons. The molecule has 1 amide bonds. The van der Waals surface area contributed by atoms with Crippen LogP contribution in [0.2, 0.25) is 0 Å². The zero-order chi connectivity index (χ0) is 14.5. The number of benzene rings is 1. The van der Waals surface area contributed by atoms with Crippen LogP contribution in [0.1, 0.15) is 25.3 Å². The fraction of sp³-hybridized carbons (Fsp3) is 0.333. The summed E-state index contributed by atoms with van der Waals surface area (Å²) in [5.41, 5.74) is 0.974. The van der Waals surface area contributed by atoms with Gasteiger partial charge in [0, 0.05) is 6.54 Å². The Bertz CT molecular complexity index is 537. The second kappa shape index (κ2) is 6.90. The van der Waals surface area contributed by atoms with Crippen LogP contribution in [0.5, 0.6) is 5.75 Å². The summed E-state index contributed by atoms with van der Waals surface area (Å²) in [5, 5.41) is 0. The van der Waals surface area contributed by atoms with E-state index in [4.69, 9.17) is 17.0 Å². The second-order valence-electron chi connectivity index (χ2n) is 4.46. The van der Waals surface area contributed by atoms with Gasteiger partial charge in [-0.25, -0.2) is 0 Å². The first-order valence-corrected chi connectivity index (χ1v) is 7.77. The molecule has 1 aliphatic heterocycles. The van der Waals surface area contributed by atoms with Crippen LogP contribution in [0.3, 0.4) is 0 Å². The molecule has 20 heavy (non-hydrogen) atoms. The Morgan fingerprint density at radius 1 is 1.35 bits per heavy atom. The Morgan fingerprint density at radius 2 is 2.05 bits per heavy atom. The minimum Gasteiger partial charge on any atom is -0.497 e. The summed E-state index contributed by atoms with van der Waals surface area (Å²) in [7, 11) is 1.63. The number of hydrogen-bond acceptors (Lipinski definition) is 4. The number of nitrogens with zero attached hydrogens (tertiary/aromatic N) is 1. The summed E-state index contributed by atoms with van der Waals surface area (Å²) < 4.78 is 5.77. The van der Waals surface area contributed by atoms with Gasteiger partial charge < -0.3 is 4.74 Å². The van der Waals surface area contributed by atoms with E-state index in [9.17, 15) is 4.79 Å². The number of hydrogen-bond donors (Lipinski definition) is 0. The minimum atomic E-state index is 0.0178. The van der Waals surface area contributed by atoms with Crippen LogP contribution in [0, 0.1) is 0 Å². The first-order valence-electron chi connectivity index (χ1n) is 6.55. The molecule has 0 saturated carbocycles. The number of rotatable bonds is 5. The van der Waals surface area contributed by atoms with Crippen molar-refractivity contribution in [1.29, 1.82) is 0 Å². The molecular weight excluding hydrogens is 290 g/mol. The van der Waals surface area contributed by atoms with Gasteiger partial charge in [-0.15, -0.1) is 0 Å². The largest absolute Gasteiger partial charge is 0.497 e. The molecule has 0 unspecified atom stereocenters. The van der Waals surface area contributed by atoms with Crippen molar-refractivity contribution in [2.24, 2.45) is 0 Å². The van der Waals surface area contributed by atoms with Crippen molar-refractivity contribution in [2.75, 3.05) is 13.7 Å². The number of methoxy groups -OCH3 is 1. The zero-order valence-electron chi connectivity index (χ0n) is 11.6. The molecule has 0 atom stereocenters. The lowest BCUT2D eigenvalue weighted by molar-refractivity contribution is -0.122. The predicted molar refractivity (Wildman–Crippen MR) is 87.8 cm³/mol. The number of amides is 1. The van der Waals surface area contributed by atoms with Crippen LogP contribution < -0.4 is 4.74 Å². The molecule has 1 aromatic rings. The highest BCUT2D eigenvalue weighted by atomic mass is 32.2. The Kier molecular flexibility index (Phi) is 5.20. The summed E-state index contributed by atoms with van der Waals surface area (Å²) in [4.78, 5) is 14.7. The van der Waals surface area contributed by atoms with Crippen molar-refractivity contribution >= 4 is 40.3 Å². The molecule has 1 aromatic carbocycles. The van der Waals surface area contributed by atoms with Gasteiger partial charge in [-0.05, 0) is 30.2 Å². The van der Waals surface area contributed by atoms with Crippen molar-refractivity contribution in [2.45, 2.75) is 19.8 Å². The average molecular weight is 307 g/mol. The number of carbonyl (C=O) groups excluding carboxylic acids is 1. The molecule has 0 aromatic heterocycles. The summed E-state index contributed by atoms with van der Waals surface area (Å²) in [6.07, 6.45) is 3.90. The van der Waals surface area contributed by atoms with Gasteiger partial charge in [-0.1, -0.05) is 49.5 Å². The maximum Gasteiger partial charge on any atom is 0.266 e. The lowest BCUT2D eigenvalue weighted by atomic mass is 10.2. The van der Waals surface area contributed by atoms with E-state index in [-0.39, 0.29) is 5.91 Å². The van der Waals surface area contributed by atoms with E-state index in [1.165, 1.54) is 11.8 Å². The Hall–Kier alpha value is -1.33. The van der Waals surface area contributed by atoms with E-state index in [0.29, 0.717) is 15.8 Å². The van der Waals surface area contributed by atoms with Gasteiger partial charge in [0.25, 0.3) is 5.91 Å². The van der Waals surface area contributed by atoms with E-state index in [0.717, 1.165) is 24.2 Å². The lowest BCUT2D eigenvalue weighted by Crippen LogP contribution is -2.28.